The first kappa shape index (κ1) is 87.3. The molecule has 0 amide bonds. The summed E-state index contributed by atoms with van der Waals surface area (Å²) in [7, 11) is 11.3. The van der Waals surface area contributed by atoms with Crippen LogP contribution in [-0.4, -0.2) is 185 Å². The summed E-state index contributed by atoms with van der Waals surface area (Å²) in [5, 5.41) is 11.9. The van der Waals surface area contributed by atoms with Gasteiger partial charge in [0.15, 0.2) is 112 Å². The Hall–Kier alpha value is -10.3. The van der Waals surface area contributed by atoms with Gasteiger partial charge in [-0.25, -0.2) is 4.79 Å². The smallest absolute Gasteiger partial charge is 0.373 e. The lowest BCUT2D eigenvalue weighted by atomic mass is 9.86. The number of hydrogen-bond acceptors (Lipinski definition) is 32. The molecule has 4 aromatic carbocycles. The van der Waals surface area contributed by atoms with E-state index in [1.54, 1.807) is 12.1 Å². The van der Waals surface area contributed by atoms with Crippen LogP contribution in [0.2, 0.25) is 0 Å². The number of allylic oxidation sites excluding steroid dienone is 2. The predicted molar refractivity (Wildman–Crippen MR) is 378 cm³/mol. The van der Waals surface area contributed by atoms with Crippen molar-refractivity contribution in [3.8, 4) is 57.1 Å². The van der Waals surface area contributed by atoms with Crippen LogP contribution in [0, 0.1) is 5.41 Å². The highest BCUT2D eigenvalue weighted by Crippen LogP contribution is 2.42. The standard InChI is InChI=1S/C36H44O14.C27H27NO13.C10H20O3.CO2.H/c1-36(2,3)10-11-44-12-13-45-35(39)31-30-28(16-29(49-20-42-6)34(31)50-21-43-7)46-17-25(33(30)38)23-9-8-22-14-26(47-18-40-4)27(48-19-41-5)15-24(22)32(23)37;1-33-10-38-18-5-14-17(6-19(18)39-11-34-2)28-8-15(24(14)29)16-9-37-20-7-21(40-12-35-3)26(41-13-36-4)23(27(31)32)22(20)25(16)30;1-5-7-12-8-6-9(11)13-10(2,3)4;2-1-3;/h9,14-17H,8,10-13,18-21H2,1-7H3;5-9H,10-13H2,1-4H3,(H,28,29)(H,31,32);5-8H2,1-4H3;;/q;;;;-1/p-1/i;;;;1+2. The number of nitrogens with one attached hydrogen (secondary N) is 1. The number of rotatable bonds is 38. The molecule has 1 aliphatic carbocycles. The molecule has 7 aromatic rings. The van der Waals surface area contributed by atoms with Crippen LogP contribution in [0.3, 0.4) is 0 Å². The van der Waals surface area contributed by atoms with Crippen molar-refractivity contribution in [2.45, 2.75) is 79.8 Å². The molecule has 0 aliphatic heterocycles. The number of hydrogen-bond donors (Lipinski definition) is 1. The van der Waals surface area contributed by atoms with Crippen molar-refractivity contribution in [1.82, 2.24) is 4.98 Å². The third kappa shape index (κ3) is 25.2. The molecule has 0 radical (unpaired) electrons. The van der Waals surface area contributed by atoms with E-state index >= 15 is 0 Å². The van der Waals surface area contributed by atoms with Crippen molar-refractivity contribution in [3.05, 3.63) is 120 Å². The summed E-state index contributed by atoms with van der Waals surface area (Å²) in [4.78, 5) is 112. The Morgan fingerprint density at radius 2 is 0.981 bits per heavy atom. The summed E-state index contributed by atoms with van der Waals surface area (Å²) in [6.45, 7) is 14.1. The highest BCUT2D eigenvalue weighted by Gasteiger charge is 2.32. The summed E-state index contributed by atoms with van der Waals surface area (Å²) in [6, 6.07) is 8.82. The number of Topliss-reactive ketones (excluding diaryl/α,β-unsaturated/α-hetero) is 1. The van der Waals surface area contributed by atoms with Crippen LogP contribution < -0.4 is 59.3 Å². The normalized spacial score (nSPS) is 11.7. The van der Waals surface area contributed by atoms with Gasteiger partial charge in [-0.15, -0.1) is 0 Å². The molecule has 0 bridgehead atoms. The van der Waals surface area contributed by atoms with E-state index in [0.717, 1.165) is 19.1 Å². The van der Waals surface area contributed by atoms with Crippen LogP contribution in [0.25, 0.3) is 49.5 Å². The van der Waals surface area contributed by atoms with Crippen LogP contribution in [0.5, 0.6) is 46.0 Å². The van der Waals surface area contributed by atoms with Gasteiger partial charge in [-0.1, -0.05) is 33.8 Å². The first-order chi connectivity index (χ1) is 51.3. The third-order valence-corrected chi connectivity index (χ3v) is 14.4. The van der Waals surface area contributed by atoms with Crippen LogP contribution in [-0.2, 0) is 77.6 Å². The summed E-state index contributed by atoms with van der Waals surface area (Å²) < 4.78 is 118. The number of methoxy groups -OCH3 is 8. The molecule has 107 heavy (non-hydrogen) atoms. The quantitative estimate of drug-likeness (QED) is 0.0215. The van der Waals surface area contributed by atoms with Crippen molar-refractivity contribution in [3.63, 3.8) is 0 Å². The van der Waals surface area contributed by atoms with Gasteiger partial charge in [0.2, 0.25) is 10.9 Å². The number of aromatic amines is 1. The van der Waals surface area contributed by atoms with Gasteiger partial charge in [0.25, 0.3) is 0 Å². The molecule has 0 unspecified atom stereocenters. The fourth-order valence-corrected chi connectivity index (χ4v) is 9.81. The highest BCUT2D eigenvalue weighted by atomic mass is 16.7. The first-order valence-electron chi connectivity index (χ1n) is 32.8. The molecule has 8 rings (SSSR count). The van der Waals surface area contributed by atoms with Gasteiger partial charge in [-0.3, -0.25) is 24.0 Å². The van der Waals surface area contributed by atoms with E-state index < -0.39 is 45.0 Å². The maximum atomic E-state index is 14.3. The zero-order valence-corrected chi connectivity index (χ0v) is 62.4. The number of aromatic nitrogens is 1. The number of H-pyrrole nitrogens is 1. The molecule has 0 spiro atoms. The Bertz CT molecular complexity index is 4370. The Kier molecular flexibility index (Phi) is 35.9. The topological polar surface area (TPSA) is 403 Å². The van der Waals surface area contributed by atoms with Crippen LogP contribution in [0.1, 0.15) is 111 Å². The molecular formula is C74H91NO32-2. The van der Waals surface area contributed by atoms with Crippen LogP contribution in [0.15, 0.2) is 84.4 Å². The van der Waals surface area contributed by atoms with Crippen LogP contribution >= 0.6 is 0 Å². The van der Waals surface area contributed by atoms with Gasteiger partial charge >= 0.3 is 18.1 Å². The minimum absolute atomic E-state index is 0. The average molecular weight is 1510 g/mol. The van der Waals surface area contributed by atoms with Gasteiger partial charge < -0.3 is 120 Å². The molecule has 3 heterocycles. The molecule has 0 fully saturated rings. The van der Waals surface area contributed by atoms with E-state index in [4.69, 9.17) is 113 Å². The fraction of sp³-hybridized carbons (Fsp3) is 0.459. The van der Waals surface area contributed by atoms with Crippen molar-refractivity contribution in [2.75, 3.05) is 144 Å². The Balaban J connectivity index is 0.000000381. The van der Waals surface area contributed by atoms with Gasteiger partial charge in [0, 0.05) is 106 Å². The second-order valence-corrected chi connectivity index (χ2v) is 24.6. The molecular weight excluding hydrogens is 1410 g/mol. The van der Waals surface area contributed by atoms with E-state index in [0.29, 0.717) is 43.1 Å². The van der Waals surface area contributed by atoms with Crippen LogP contribution in [0.4, 0.5) is 0 Å². The molecule has 0 atom stereocenters. The fourth-order valence-electron chi connectivity index (χ4n) is 9.81. The summed E-state index contributed by atoms with van der Waals surface area (Å²) in [5.41, 5.74) is -2.47. The number of fused-ring (bicyclic) bond motifs is 4. The minimum atomic E-state index is -1.75. The van der Waals surface area contributed by atoms with Gasteiger partial charge in [0.05, 0.1) is 69.5 Å². The number of benzene rings is 4. The predicted octanol–water partition coefficient (Wildman–Crippen LogP) is 8.43. The number of aromatic carboxylic acids is 1. The number of carbonyl (C=O) groups is 4. The van der Waals surface area contributed by atoms with E-state index in [1.165, 1.54) is 99.7 Å². The lowest BCUT2D eigenvalue weighted by molar-refractivity contribution is -0.255. The highest BCUT2D eigenvalue weighted by molar-refractivity contribution is 6.30. The number of ketones is 1. The number of esters is 2. The Labute approximate surface area is 616 Å². The summed E-state index contributed by atoms with van der Waals surface area (Å²) in [5.74, 6) is -2.75. The molecule has 33 heteroatoms. The van der Waals surface area contributed by atoms with Gasteiger partial charge in [-0.2, -0.15) is 9.59 Å². The van der Waals surface area contributed by atoms with Crippen molar-refractivity contribution < 1.29 is 139 Å². The van der Waals surface area contributed by atoms with E-state index in [-0.39, 0.29) is 194 Å². The number of carboxylic acids is 1. The monoisotopic (exact) mass is 1510 g/mol. The lowest BCUT2D eigenvalue weighted by Crippen LogP contribution is -2.26. The van der Waals surface area contributed by atoms with Gasteiger partial charge in [-0.05, 0) is 69.2 Å². The largest absolute Gasteiger partial charge is 1.00 e. The third-order valence-electron chi connectivity index (χ3n) is 14.4. The first-order valence-corrected chi connectivity index (χ1v) is 32.8. The summed E-state index contributed by atoms with van der Waals surface area (Å²) in [6.07, 6.45) is 7.80. The van der Waals surface area contributed by atoms with E-state index in [2.05, 4.69) is 25.8 Å². The zero-order valence-electron chi connectivity index (χ0n) is 63.4. The van der Waals surface area contributed by atoms with Crippen molar-refractivity contribution in [1.29, 1.82) is 0 Å². The second-order valence-electron chi connectivity index (χ2n) is 24.6. The zero-order chi connectivity index (χ0) is 78.8. The van der Waals surface area contributed by atoms with Crippen molar-refractivity contribution >= 4 is 68.3 Å². The minimum Gasteiger partial charge on any atom is -1.00 e. The number of carbonyl (C=O) groups excluding carboxylic acids is 6. The second kappa shape index (κ2) is 44.0. The molecule has 1 N–H and O–H groups in total. The SMILES string of the molecule is CCCOCCC(=O)OC(C)(C)C.COCOc1cc2[nH]cc(-c3coc4cc(OCOC)c(OCOC)c(C(=O)[O-])c4c3=O)c(=O)c2cc1OCOC.COCOc1cc2c(cc1OCOC)C(=O)C(c1coc3cc(OCOC)c(OCOC)c(C(=O)OCCOCCC(C)(C)C)c3c1=O)=CC2.O=C=O.[3H-]. The molecule has 33 nitrogen and oxygen atoms in total. The molecule has 586 valence electrons. The van der Waals surface area contributed by atoms with E-state index in [1.807, 2.05) is 27.7 Å². The molecule has 1 aliphatic rings. The average Bonchev–Trinajstić information content (AvgIpc) is 0.750. The number of pyridine rings is 1. The molecule has 0 saturated heterocycles. The maximum absolute atomic E-state index is 14.3. The number of ether oxygens (including phenoxy) is 20. The Morgan fingerprint density at radius 3 is 1.49 bits per heavy atom. The molecule has 0 saturated carbocycles. The van der Waals surface area contributed by atoms with Crippen molar-refractivity contribution in [2.24, 2.45) is 5.41 Å². The van der Waals surface area contributed by atoms with Gasteiger partial charge in [0.1, 0.15) is 41.5 Å². The molecule has 3 aromatic heterocycles. The van der Waals surface area contributed by atoms with E-state index in [9.17, 15) is 38.7 Å². The Morgan fingerprint density at radius 1 is 0.523 bits per heavy atom. The number of carboxylic acid groups (broad SMARTS) is 1. The lowest BCUT2D eigenvalue weighted by Gasteiger charge is -2.20. The maximum Gasteiger partial charge on any atom is 0.373 e. The summed E-state index contributed by atoms with van der Waals surface area (Å²) >= 11 is 0.